The van der Waals surface area contributed by atoms with Gasteiger partial charge in [0.25, 0.3) is 5.89 Å². The zero-order valence-electron chi connectivity index (χ0n) is 22.8. The second kappa shape index (κ2) is 13.6. The van der Waals surface area contributed by atoms with E-state index in [4.69, 9.17) is 9.15 Å². The van der Waals surface area contributed by atoms with Crippen molar-refractivity contribution in [3.8, 4) is 0 Å². The van der Waals surface area contributed by atoms with Gasteiger partial charge in [0.05, 0.1) is 25.0 Å². The number of aromatic nitrogens is 1. The number of fused-ring (bicyclic) bond motifs is 1. The molecule has 2 unspecified atom stereocenters. The van der Waals surface area contributed by atoms with Crippen LogP contribution in [0, 0.1) is 11.8 Å². The number of nitrogens with one attached hydrogen (secondary N) is 2. The third-order valence-electron chi connectivity index (χ3n) is 8.08. The number of Topliss-reactive ketones (excluding diaryl/α,β-unsaturated/α-hetero) is 1. The predicted molar refractivity (Wildman–Crippen MR) is 151 cm³/mol. The Morgan fingerprint density at radius 1 is 0.925 bits per heavy atom. The second-order valence-electron chi connectivity index (χ2n) is 10.7. The van der Waals surface area contributed by atoms with E-state index in [0.717, 1.165) is 31.2 Å². The van der Waals surface area contributed by atoms with E-state index in [-0.39, 0.29) is 35.4 Å². The second-order valence-corrected chi connectivity index (χ2v) is 10.7. The number of carbonyl (C=O) groups is 3. The molecule has 2 aliphatic rings. The number of hydrogen-bond donors (Lipinski definition) is 2. The molecule has 2 atom stereocenters. The van der Waals surface area contributed by atoms with Crippen LogP contribution < -0.4 is 10.6 Å². The summed E-state index contributed by atoms with van der Waals surface area (Å²) in [6.45, 7) is 2.81. The number of rotatable bonds is 10. The standard InChI is InChI=1S/C31H38N4O5/c36-28(30-34-26-13-7-8-14-27(26)40-30)24(22-9-3-1-4-10-22)15-16-32-29(37)25(23-11-5-2-6-12-23)21-33-31(38)35-17-19-39-20-18-35/h1,3-4,7-10,13-14,23-25H,2,5-6,11-12,15-21H2,(H,32,37)(H,33,38). The van der Waals surface area contributed by atoms with Crippen molar-refractivity contribution in [2.75, 3.05) is 39.4 Å². The van der Waals surface area contributed by atoms with Crippen molar-refractivity contribution < 1.29 is 23.5 Å². The lowest BCUT2D eigenvalue weighted by Crippen LogP contribution is -2.49. The van der Waals surface area contributed by atoms with Crippen molar-refractivity contribution in [1.29, 1.82) is 0 Å². The van der Waals surface area contributed by atoms with E-state index in [1.54, 1.807) is 11.0 Å². The third kappa shape index (κ3) is 6.88. The van der Waals surface area contributed by atoms with E-state index in [2.05, 4.69) is 15.6 Å². The van der Waals surface area contributed by atoms with Gasteiger partial charge in [-0.05, 0) is 42.9 Å². The molecule has 1 saturated carbocycles. The highest BCUT2D eigenvalue weighted by Crippen LogP contribution is 2.30. The van der Waals surface area contributed by atoms with Gasteiger partial charge in [0.1, 0.15) is 5.52 Å². The molecule has 1 saturated heterocycles. The van der Waals surface area contributed by atoms with Crippen LogP contribution >= 0.6 is 0 Å². The molecule has 1 aliphatic heterocycles. The number of oxazole rings is 1. The largest absolute Gasteiger partial charge is 0.434 e. The van der Waals surface area contributed by atoms with Crippen molar-refractivity contribution in [2.45, 2.75) is 44.4 Å². The highest BCUT2D eigenvalue weighted by atomic mass is 16.5. The summed E-state index contributed by atoms with van der Waals surface area (Å²) in [6.07, 6.45) is 5.75. The average Bonchev–Trinajstić information content (AvgIpc) is 3.45. The molecule has 2 aromatic carbocycles. The van der Waals surface area contributed by atoms with E-state index in [1.807, 2.05) is 48.5 Å². The fraction of sp³-hybridized carbons (Fsp3) is 0.484. The first-order valence-electron chi connectivity index (χ1n) is 14.4. The SMILES string of the molecule is O=C(c1nc2ccccc2o1)C(CCNC(=O)C(CNC(=O)N1CCOCC1)C1CCCCC1)c1ccccc1. The van der Waals surface area contributed by atoms with Crippen LogP contribution in [0.2, 0.25) is 0 Å². The van der Waals surface area contributed by atoms with Gasteiger partial charge in [-0.15, -0.1) is 0 Å². The highest BCUT2D eigenvalue weighted by Gasteiger charge is 2.32. The maximum atomic E-state index is 13.6. The maximum Gasteiger partial charge on any atom is 0.317 e. The lowest BCUT2D eigenvalue weighted by Gasteiger charge is -2.31. The van der Waals surface area contributed by atoms with Gasteiger partial charge in [-0.3, -0.25) is 9.59 Å². The Kier molecular flexibility index (Phi) is 9.44. The summed E-state index contributed by atoms with van der Waals surface area (Å²) >= 11 is 0. The first-order chi connectivity index (χ1) is 19.6. The summed E-state index contributed by atoms with van der Waals surface area (Å²) in [7, 11) is 0. The van der Waals surface area contributed by atoms with E-state index >= 15 is 0 Å². The molecule has 3 aromatic rings. The van der Waals surface area contributed by atoms with Gasteiger partial charge < -0.3 is 24.7 Å². The molecule has 1 aromatic heterocycles. The monoisotopic (exact) mass is 546 g/mol. The number of carbonyl (C=O) groups excluding carboxylic acids is 3. The van der Waals surface area contributed by atoms with Crippen molar-refractivity contribution in [1.82, 2.24) is 20.5 Å². The Bertz CT molecular complexity index is 1250. The Balaban J connectivity index is 1.24. The summed E-state index contributed by atoms with van der Waals surface area (Å²) in [4.78, 5) is 45.9. The van der Waals surface area contributed by atoms with E-state index in [1.165, 1.54) is 6.42 Å². The summed E-state index contributed by atoms with van der Waals surface area (Å²) in [5.74, 6) is -0.803. The zero-order valence-corrected chi connectivity index (χ0v) is 22.8. The fourth-order valence-electron chi connectivity index (χ4n) is 5.82. The number of amides is 3. The topological polar surface area (TPSA) is 114 Å². The van der Waals surface area contributed by atoms with Crippen LogP contribution in [-0.2, 0) is 9.53 Å². The van der Waals surface area contributed by atoms with E-state index in [0.29, 0.717) is 56.9 Å². The molecule has 5 rings (SSSR count). The van der Waals surface area contributed by atoms with Crippen LogP contribution in [0.1, 0.15) is 60.7 Å². The van der Waals surface area contributed by atoms with Gasteiger partial charge in [-0.2, -0.15) is 0 Å². The molecule has 3 amide bonds. The van der Waals surface area contributed by atoms with Gasteiger partial charge in [0, 0.05) is 26.2 Å². The van der Waals surface area contributed by atoms with Crippen molar-refractivity contribution >= 4 is 28.8 Å². The predicted octanol–water partition coefficient (Wildman–Crippen LogP) is 4.54. The number of morpholine rings is 1. The van der Waals surface area contributed by atoms with Gasteiger partial charge in [0.15, 0.2) is 5.58 Å². The number of ketones is 1. The summed E-state index contributed by atoms with van der Waals surface area (Å²) in [5, 5.41) is 6.09. The Morgan fingerprint density at radius 3 is 2.40 bits per heavy atom. The van der Waals surface area contributed by atoms with Crippen LogP contribution in [0.5, 0.6) is 0 Å². The minimum Gasteiger partial charge on any atom is -0.434 e. The third-order valence-corrected chi connectivity index (χ3v) is 8.08. The van der Waals surface area contributed by atoms with Crippen molar-refractivity contribution in [2.24, 2.45) is 11.8 Å². The summed E-state index contributed by atoms with van der Waals surface area (Å²) < 4.78 is 11.1. The average molecular weight is 547 g/mol. The number of para-hydroxylation sites is 2. The molecule has 2 N–H and O–H groups in total. The van der Waals surface area contributed by atoms with Crippen LogP contribution in [0.4, 0.5) is 4.79 Å². The summed E-state index contributed by atoms with van der Waals surface area (Å²) in [6, 6.07) is 16.7. The Morgan fingerprint density at radius 2 is 1.65 bits per heavy atom. The molecule has 2 heterocycles. The zero-order chi connectivity index (χ0) is 27.7. The molecular weight excluding hydrogens is 508 g/mol. The minimum absolute atomic E-state index is 0.0738. The van der Waals surface area contributed by atoms with Crippen LogP contribution in [0.25, 0.3) is 11.1 Å². The molecule has 1 aliphatic carbocycles. The minimum atomic E-state index is -0.510. The number of nitrogens with zero attached hydrogens (tertiary/aromatic N) is 2. The quantitative estimate of drug-likeness (QED) is 0.361. The first kappa shape index (κ1) is 27.8. The van der Waals surface area contributed by atoms with Gasteiger partial charge in [-0.1, -0.05) is 61.7 Å². The van der Waals surface area contributed by atoms with Crippen molar-refractivity contribution in [3.63, 3.8) is 0 Å². The molecule has 212 valence electrons. The molecule has 40 heavy (non-hydrogen) atoms. The van der Waals surface area contributed by atoms with Crippen LogP contribution in [0.3, 0.4) is 0 Å². The molecule has 0 spiro atoms. The molecule has 2 fully saturated rings. The van der Waals surface area contributed by atoms with E-state index in [9.17, 15) is 14.4 Å². The number of benzene rings is 2. The van der Waals surface area contributed by atoms with Gasteiger partial charge in [0.2, 0.25) is 11.7 Å². The van der Waals surface area contributed by atoms with Crippen LogP contribution in [-0.4, -0.2) is 67.0 Å². The molecular formula is C31H38N4O5. The lowest BCUT2D eigenvalue weighted by atomic mass is 9.79. The smallest absolute Gasteiger partial charge is 0.317 e. The molecule has 0 radical (unpaired) electrons. The van der Waals surface area contributed by atoms with E-state index < -0.39 is 5.92 Å². The summed E-state index contributed by atoms with van der Waals surface area (Å²) in [5.41, 5.74) is 2.06. The number of urea groups is 1. The van der Waals surface area contributed by atoms with Crippen molar-refractivity contribution in [3.05, 3.63) is 66.1 Å². The lowest BCUT2D eigenvalue weighted by molar-refractivity contribution is -0.126. The normalized spacial score (nSPS) is 17.8. The number of ether oxygens (including phenoxy) is 1. The van der Waals surface area contributed by atoms with Gasteiger partial charge >= 0.3 is 6.03 Å². The highest BCUT2D eigenvalue weighted by molar-refractivity contribution is 5.99. The molecule has 0 bridgehead atoms. The molecule has 9 nitrogen and oxygen atoms in total. The first-order valence-corrected chi connectivity index (χ1v) is 14.4. The maximum absolute atomic E-state index is 13.6. The Labute approximate surface area is 234 Å². The van der Waals surface area contributed by atoms with Crippen LogP contribution in [0.15, 0.2) is 59.0 Å². The fourth-order valence-corrected chi connectivity index (χ4v) is 5.82. The molecule has 9 heteroatoms. The van der Waals surface area contributed by atoms with Gasteiger partial charge in [-0.25, -0.2) is 9.78 Å². The Hall–Kier alpha value is -3.72. The number of hydrogen-bond acceptors (Lipinski definition) is 6.